The molecule has 1 aromatic carbocycles. The molecule has 0 saturated heterocycles. The summed E-state index contributed by atoms with van der Waals surface area (Å²) >= 11 is 1.59. The van der Waals surface area contributed by atoms with Crippen LogP contribution in [0.2, 0.25) is 0 Å². The fourth-order valence-corrected chi connectivity index (χ4v) is 2.12. The van der Waals surface area contributed by atoms with Crippen LogP contribution in [-0.4, -0.2) is 17.2 Å². The van der Waals surface area contributed by atoms with Gasteiger partial charge in [0.25, 0.3) is 0 Å². The van der Waals surface area contributed by atoms with Crippen LogP contribution in [0.1, 0.15) is 27.2 Å². The molecule has 2 atom stereocenters. The third kappa shape index (κ3) is 4.27. The molecule has 0 bridgehead atoms. The number of carbonyl (C=O) groups excluding carboxylic acids is 1. The minimum Gasteiger partial charge on any atom is -0.353 e. The molecule has 16 heavy (non-hydrogen) atoms. The average molecular weight is 237 g/mol. The van der Waals surface area contributed by atoms with Crippen molar-refractivity contribution in [2.45, 2.75) is 43.4 Å². The first-order valence-corrected chi connectivity index (χ1v) is 6.53. The zero-order chi connectivity index (χ0) is 12.0. The molecule has 0 aliphatic heterocycles. The molecular formula is C13H19NOS. The van der Waals surface area contributed by atoms with Crippen LogP contribution in [0.4, 0.5) is 0 Å². The van der Waals surface area contributed by atoms with E-state index in [0.29, 0.717) is 0 Å². The highest BCUT2D eigenvalue weighted by Crippen LogP contribution is 2.22. The van der Waals surface area contributed by atoms with Gasteiger partial charge in [-0.2, -0.15) is 0 Å². The van der Waals surface area contributed by atoms with Crippen molar-refractivity contribution in [2.24, 2.45) is 0 Å². The Morgan fingerprint density at radius 1 is 1.31 bits per heavy atom. The molecule has 0 aromatic heterocycles. The van der Waals surface area contributed by atoms with Gasteiger partial charge in [0.15, 0.2) is 0 Å². The topological polar surface area (TPSA) is 29.1 Å². The van der Waals surface area contributed by atoms with Gasteiger partial charge in [0.1, 0.15) is 0 Å². The first-order chi connectivity index (χ1) is 7.63. The second-order valence-corrected chi connectivity index (χ2v) is 5.31. The number of amides is 1. The van der Waals surface area contributed by atoms with Crippen molar-refractivity contribution in [3.8, 4) is 0 Å². The molecule has 1 N–H and O–H groups in total. The molecule has 2 nitrogen and oxygen atoms in total. The second kappa shape index (κ2) is 6.59. The maximum atomic E-state index is 11.8. The highest BCUT2D eigenvalue weighted by atomic mass is 32.2. The van der Waals surface area contributed by atoms with Gasteiger partial charge in [0, 0.05) is 10.9 Å². The van der Waals surface area contributed by atoms with Gasteiger partial charge in [-0.05, 0) is 32.4 Å². The summed E-state index contributed by atoms with van der Waals surface area (Å²) in [5, 5.41) is 2.94. The van der Waals surface area contributed by atoms with Gasteiger partial charge in [-0.25, -0.2) is 0 Å². The minimum absolute atomic E-state index is 0.0450. The minimum atomic E-state index is -0.0450. The standard InChI is InChI=1S/C13H19NOS/c1-4-10(2)14-13(15)11(3)16-12-8-6-5-7-9-12/h5-11H,4H2,1-3H3,(H,14,15)/t10-,11-/m1/s1. The van der Waals surface area contributed by atoms with Crippen LogP contribution >= 0.6 is 11.8 Å². The molecular weight excluding hydrogens is 218 g/mol. The number of benzene rings is 1. The lowest BCUT2D eigenvalue weighted by Gasteiger charge is -2.15. The average Bonchev–Trinajstić information content (AvgIpc) is 2.30. The number of thioether (sulfide) groups is 1. The quantitative estimate of drug-likeness (QED) is 0.797. The summed E-state index contributed by atoms with van der Waals surface area (Å²) in [4.78, 5) is 12.9. The Morgan fingerprint density at radius 3 is 2.50 bits per heavy atom. The molecule has 88 valence electrons. The van der Waals surface area contributed by atoms with E-state index >= 15 is 0 Å². The smallest absolute Gasteiger partial charge is 0.233 e. The van der Waals surface area contributed by atoms with Crippen molar-refractivity contribution < 1.29 is 4.79 Å². The van der Waals surface area contributed by atoms with Gasteiger partial charge in [0.05, 0.1) is 5.25 Å². The Hall–Kier alpha value is -0.960. The summed E-state index contributed by atoms with van der Waals surface area (Å²) in [6.07, 6.45) is 0.967. The highest BCUT2D eigenvalue weighted by molar-refractivity contribution is 8.00. The number of carbonyl (C=O) groups is 1. The van der Waals surface area contributed by atoms with Crippen LogP contribution in [0, 0.1) is 0 Å². The molecule has 0 heterocycles. The van der Waals surface area contributed by atoms with Crippen molar-refractivity contribution >= 4 is 17.7 Å². The van der Waals surface area contributed by atoms with E-state index in [0.717, 1.165) is 11.3 Å². The molecule has 1 rings (SSSR count). The van der Waals surface area contributed by atoms with E-state index in [1.165, 1.54) is 0 Å². The Bertz CT molecular complexity index is 326. The van der Waals surface area contributed by atoms with Gasteiger partial charge in [-0.3, -0.25) is 4.79 Å². The Morgan fingerprint density at radius 2 is 1.94 bits per heavy atom. The Kier molecular flexibility index (Phi) is 5.39. The number of rotatable bonds is 5. The zero-order valence-corrected chi connectivity index (χ0v) is 10.9. The lowest BCUT2D eigenvalue weighted by molar-refractivity contribution is -0.120. The van der Waals surface area contributed by atoms with Crippen LogP contribution in [0.5, 0.6) is 0 Å². The zero-order valence-electron chi connectivity index (χ0n) is 10.1. The number of nitrogens with one attached hydrogen (secondary N) is 1. The Labute approximate surface area is 102 Å². The SMILES string of the molecule is CC[C@@H](C)NC(=O)[C@@H](C)Sc1ccccc1. The maximum Gasteiger partial charge on any atom is 0.233 e. The first kappa shape index (κ1) is 13.1. The van der Waals surface area contributed by atoms with Gasteiger partial charge in [0.2, 0.25) is 5.91 Å². The molecule has 3 heteroatoms. The lowest BCUT2D eigenvalue weighted by atomic mass is 10.2. The fraction of sp³-hybridized carbons (Fsp3) is 0.462. The Balaban J connectivity index is 2.46. The van der Waals surface area contributed by atoms with Crippen molar-refractivity contribution in [2.75, 3.05) is 0 Å². The summed E-state index contributed by atoms with van der Waals surface area (Å²) in [6.45, 7) is 6.03. The number of hydrogen-bond donors (Lipinski definition) is 1. The molecule has 0 spiro atoms. The van der Waals surface area contributed by atoms with Crippen LogP contribution in [0.15, 0.2) is 35.2 Å². The van der Waals surface area contributed by atoms with Gasteiger partial charge in [-0.15, -0.1) is 11.8 Å². The molecule has 0 radical (unpaired) electrons. The predicted molar refractivity (Wildman–Crippen MR) is 69.7 cm³/mol. The summed E-state index contributed by atoms with van der Waals surface area (Å²) in [5.41, 5.74) is 0. The van der Waals surface area contributed by atoms with Crippen LogP contribution in [0.3, 0.4) is 0 Å². The largest absolute Gasteiger partial charge is 0.353 e. The van der Waals surface area contributed by atoms with Gasteiger partial charge < -0.3 is 5.32 Å². The summed E-state index contributed by atoms with van der Waals surface area (Å²) in [7, 11) is 0. The van der Waals surface area contributed by atoms with E-state index in [-0.39, 0.29) is 17.2 Å². The van der Waals surface area contributed by atoms with Crippen molar-refractivity contribution in [1.29, 1.82) is 0 Å². The van der Waals surface area contributed by atoms with Crippen molar-refractivity contribution in [3.05, 3.63) is 30.3 Å². The molecule has 0 unspecified atom stereocenters. The maximum absolute atomic E-state index is 11.8. The molecule has 0 saturated carbocycles. The van der Waals surface area contributed by atoms with E-state index in [9.17, 15) is 4.79 Å². The van der Waals surface area contributed by atoms with Crippen LogP contribution < -0.4 is 5.32 Å². The van der Waals surface area contributed by atoms with Gasteiger partial charge in [-0.1, -0.05) is 25.1 Å². The van der Waals surface area contributed by atoms with E-state index in [1.54, 1.807) is 11.8 Å². The van der Waals surface area contributed by atoms with Crippen molar-refractivity contribution in [1.82, 2.24) is 5.32 Å². The molecule has 0 fully saturated rings. The molecule has 1 amide bonds. The fourth-order valence-electron chi connectivity index (χ4n) is 1.22. The third-order valence-electron chi connectivity index (χ3n) is 2.43. The monoisotopic (exact) mass is 237 g/mol. The van der Waals surface area contributed by atoms with Crippen LogP contribution in [-0.2, 0) is 4.79 Å². The molecule has 0 aliphatic rings. The van der Waals surface area contributed by atoms with E-state index in [2.05, 4.69) is 12.2 Å². The van der Waals surface area contributed by atoms with Gasteiger partial charge >= 0.3 is 0 Å². The first-order valence-electron chi connectivity index (χ1n) is 5.65. The van der Waals surface area contributed by atoms with E-state index in [1.807, 2.05) is 44.2 Å². The summed E-state index contributed by atoms with van der Waals surface area (Å²) < 4.78 is 0. The van der Waals surface area contributed by atoms with Crippen molar-refractivity contribution in [3.63, 3.8) is 0 Å². The summed E-state index contributed by atoms with van der Waals surface area (Å²) in [5.74, 6) is 0.114. The number of hydrogen-bond acceptors (Lipinski definition) is 2. The van der Waals surface area contributed by atoms with E-state index in [4.69, 9.17) is 0 Å². The molecule has 0 aliphatic carbocycles. The summed E-state index contributed by atoms with van der Waals surface area (Å²) in [6, 6.07) is 10.3. The second-order valence-electron chi connectivity index (χ2n) is 3.89. The molecule has 1 aromatic rings. The third-order valence-corrected chi connectivity index (χ3v) is 3.54. The highest BCUT2D eigenvalue weighted by Gasteiger charge is 2.15. The predicted octanol–water partition coefficient (Wildman–Crippen LogP) is 3.08. The van der Waals surface area contributed by atoms with Crippen LogP contribution in [0.25, 0.3) is 0 Å². The lowest BCUT2D eigenvalue weighted by Crippen LogP contribution is -2.37. The van der Waals surface area contributed by atoms with E-state index < -0.39 is 0 Å². The normalized spacial score (nSPS) is 14.2.